The van der Waals surface area contributed by atoms with Gasteiger partial charge >= 0.3 is 0 Å². The van der Waals surface area contributed by atoms with Crippen LogP contribution in [0.15, 0.2) is 39.3 Å². The van der Waals surface area contributed by atoms with Crippen molar-refractivity contribution in [1.29, 1.82) is 0 Å². The molecule has 0 radical (unpaired) electrons. The number of benzene rings is 2. The molecule has 0 aromatic heterocycles. The van der Waals surface area contributed by atoms with Crippen molar-refractivity contribution in [2.75, 3.05) is 5.32 Å². The van der Waals surface area contributed by atoms with Gasteiger partial charge in [0.2, 0.25) is 0 Å². The lowest BCUT2D eigenvalue weighted by Gasteiger charge is -2.18. The Bertz CT molecular complexity index is 626. The summed E-state index contributed by atoms with van der Waals surface area (Å²) in [5.41, 5.74) is 1.58. The third-order valence-corrected chi connectivity index (χ3v) is 4.47. The summed E-state index contributed by atoms with van der Waals surface area (Å²) in [6, 6.07) is 8.34. The van der Waals surface area contributed by atoms with Crippen LogP contribution < -0.4 is 5.32 Å². The molecule has 1 nitrogen and oxygen atoms in total. The van der Waals surface area contributed by atoms with Crippen molar-refractivity contribution in [2.24, 2.45) is 0 Å². The van der Waals surface area contributed by atoms with Crippen LogP contribution in [0.3, 0.4) is 0 Å². The Balaban J connectivity index is 2.27. The summed E-state index contributed by atoms with van der Waals surface area (Å²) in [5, 5.41) is 4.29. The van der Waals surface area contributed by atoms with E-state index in [9.17, 15) is 4.39 Å². The molecule has 0 aliphatic heterocycles. The summed E-state index contributed by atoms with van der Waals surface area (Å²) in [7, 11) is 0. The molecule has 1 atom stereocenters. The topological polar surface area (TPSA) is 12.0 Å². The monoisotopic (exact) mass is 439 g/mol. The molecule has 2 aromatic rings. The lowest BCUT2D eigenvalue weighted by Crippen LogP contribution is -2.07. The number of rotatable bonds is 3. The van der Waals surface area contributed by atoms with E-state index in [-0.39, 0.29) is 11.9 Å². The maximum atomic E-state index is 13.2. The van der Waals surface area contributed by atoms with Gasteiger partial charge in [-0.2, -0.15) is 0 Å². The second-order valence-electron chi connectivity index (χ2n) is 4.28. The molecule has 1 unspecified atom stereocenters. The molecule has 1 N–H and O–H groups in total. The highest BCUT2D eigenvalue weighted by Crippen LogP contribution is 2.36. The standard InChI is InChI=1S/C14H10Br2Cl2FN/c1-7(8-2-3-13(19)10(16)4-8)20-14-11(17)5-9(15)6-12(14)18/h2-7,20H,1H3. The molecule has 0 saturated carbocycles. The summed E-state index contributed by atoms with van der Waals surface area (Å²) in [6.45, 7) is 1.95. The van der Waals surface area contributed by atoms with E-state index >= 15 is 0 Å². The first-order chi connectivity index (χ1) is 9.38. The van der Waals surface area contributed by atoms with Crippen LogP contribution in [-0.2, 0) is 0 Å². The average molecular weight is 442 g/mol. The molecule has 0 aliphatic carbocycles. The largest absolute Gasteiger partial charge is 0.376 e. The van der Waals surface area contributed by atoms with Crippen molar-refractivity contribution < 1.29 is 4.39 Å². The van der Waals surface area contributed by atoms with Crippen LogP contribution in [0.1, 0.15) is 18.5 Å². The van der Waals surface area contributed by atoms with E-state index in [0.29, 0.717) is 20.2 Å². The number of hydrogen-bond donors (Lipinski definition) is 1. The van der Waals surface area contributed by atoms with Gasteiger partial charge in [0.1, 0.15) is 5.82 Å². The van der Waals surface area contributed by atoms with E-state index in [1.807, 2.05) is 6.92 Å². The summed E-state index contributed by atoms with van der Waals surface area (Å²) < 4.78 is 14.5. The second-order valence-corrected chi connectivity index (χ2v) is 6.87. The molecule has 0 heterocycles. The predicted octanol–water partition coefficient (Wildman–Crippen LogP) is 6.83. The number of anilines is 1. The summed E-state index contributed by atoms with van der Waals surface area (Å²) in [5.74, 6) is -0.291. The van der Waals surface area contributed by atoms with Gasteiger partial charge in [-0.1, -0.05) is 45.2 Å². The minimum atomic E-state index is -0.291. The summed E-state index contributed by atoms with van der Waals surface area (Å²) >= 11 is 18.9. The molecule has 6 heteroatoms. The van der Waals surface area contributed by atoms with E-state index < -0.39 is 0 Å². The summed E-state index contributed by atoms with van der Waals surface area (Å²) in [6.07, 6.45) is 0. The molecule has 106 valence electrons. The van der Waals surface area contributed by atoms with Gasteiger partial charge in [-0.25, -0.2) is 4.39 Å². The molecule has 2 aromatic carbocycles. The molecule has 0 bridgehead atoms. The Morgan fingerprint density at radius 2 is 1.70 bits per heavy atom. The third-order valence-electron chi connectivity index (χ3n) is 2.81. The molecule has 0 fully saturated rings. The number of halogens is 5. The molecule has 0 saturated heterocycles. The zero-order chi connectivity index (χ0) is 14.9. The number of nitrogens with one attached hydrogen (secondary N) is 1. The van der Waals surface area contributed by atoms with Gasteiger partial charge in [0, 0.05) is 10.5 Å². The fourth-order valence-corrected chi connectivity index (χ4v) is 3.48. The highest BCUT2D eigenvalue weighted by molar-refractivity contribution is 9.10. The fraction of sp³-hybridized carbons (Fsp3) is 0.143. The minimum absolute atomic E-state index is 0.0666. The van der Waals surface area contributed by atoms with E-state index in [4.69, 9.17) is 23.2 Å². The van der Waals surface area contributed by atoms with Gasteiger partial charge in [0.25, 0.3) is 0 Å². The van der Waals surface area contributed by atoms with Gasteiger partial charge < -0.3 is 5.32 Å². The maximum absolute atomic E-state index is 13.2. The molecule has 0 spiro atoms. The van der Waals surface area contributed by atoms with Crippen LogP contribution in [0.4, 0.5) is 10.1 Å². The van der Waals surface area contributed by atoms with E-state index in [1.54, 1.807) is 24.3 Å². The lowest BCUT2D eigenvalue weighted by atomic mass is 10.1. The van der Waals surface area contributed by atoms with Gasteiger partial charge in [-0.3, -0.25) is 0 Å². The molecule has 0 aliphatic rings. The van der Waals surface area contributed by atoms with Gasteiger partial charge in [0.05, 0.1) is 20.2 Å². The van der Waals surface area contributed by atoms with Crippen molar-refractivity contribution >= 4 is 60.7 Å². The van der Waals surface area contributed by atoms with E-state index in [2.05, 4.69) is 37.2 Å². The Morgan fingerprint density at radius 3 is 2.25 bits per heavy atom. The lowest BCUT2D eigenvalue weighted by molar-refractivity contribution is 0.619. The van der Waals surface area contributed by atoms with Crippen LogP contribution in [0.25, 0.3) is 0 Å². The molecule has 2 rings (SSSR count). The summed E-state index contributed by atoms with van der Waals surface area (Å²) in [4.78, 5) is 0. The van der Waals surface area contributed by atoms with Crippen LogP contribution in [0, 0.1) is 5.82 Å². The van der Waals surface area contributed by atoms with Crippen molar-refractivity contribution in [3.63, 3.8) is 0 Å². The second kappa shape index (κ2) is 6.65. The van der Waals surface area contributed by atoms with E-state index in [1.165, 1.54) is 6.07 Å². The van der Waals surface area contributed by atoms with Crippen LogP contribution >= 0.6 is 55.1 Å². The quantitative estimate of drug-likeness (QED) is 0.550. The first-order valence-electron chi connectivity index (χ1n) is 5.74. The van der Waals surface area contributed by atoms with Crippen molar-refractivity contribution in [1.82, 2.24) is 0 Å². The molecular weight excluding hydrogens is 432 g/mol. The fourth-order valence-electron chi connectivity index (χ4n) is 1.76. The molecule has 0 amide bonds. The van der Waals surface area contributed by atoms with Gasteiger partial charge in [-0.15, -0.1) is 0 Å². The first kappa shape index (κ1) is 16.1. The predicted molar refractivity (Wildman–Crippen MR) is 90.3 cm³/mol. The van der Waals surface area contributed by atoms with Gasteiger partial charge in [0.15, 0.2) is 0 Å². The molecule has 20 heavy (non-hydrogen) atoms. The SMILES string of the molecule is CC(Nc1c(Cl)cc(Br)cc1Cl)c1ccc(F)c(Br)c1. The first-order valence-corrected chi connectivity index (χ1v) is 8.08. The number of hydrogen-bond acceptors (Lipinski definition) is 1. The van der Waals surface area contributed by atoms with E-state index in [0.717, 1.165) is 10.0 Å². The Hall–Kier alpha value is -0.290. The van der Waals surface area contributed by atoms with Crippen molar-refractivity contribution in [3.05, 3.63) is 60.7 Å². The van der Waals surface area contributed by atoms with Crippen molar-refractivity contribution in [2.45, 2.75) is 13.0 Å². The Kier molecular flexibility index (Phi) is 5.35. The van der Waals surface area contributed by atoms with Crippen molar-refractivity contribution in [3.8, 4) is 0 Å². The molecular formula is C14H10Br2Cl2FN. The van der Waals surface area contributed by atoms with Crippen LogP contribution in [-0.4, -0.2) is 0 Å². The smallest absolute Gasteiger partial charge is 0.137 e. The Labute approximate surface area is 143 Å². The maximum Gasteiger partial charge on any atom is 0.137 e. The van der Waals surface area contributed by atoms with Crippen LogP contribution in [0.5, 0.6) is 0 Å². The highest BCUT2D eigenvalue weighted by Gasteiger charge is 2.13. The highest BCUT2D eigenvalue weighted by atomic mass is 79.9. The van der Waals surface area contributed by atoms with Crippen LogP contribution in [0.2, 0.25) is 10.0 Å². The minimum Gasteiger partial charge on any atom is -0.376 e. The normalized spacial score (nSPS) is 12.3. The zero-order valence-electron chi connectivity index (χ0n) is 10.4. The Morgan fingerprint density at radius 1 is 1.10 bits per heavy atom. The third kappa shape index (κ3) is 3.67. The zero-order valence-corrected chi connectivity index (χ0v) is 15.0. The van der Waals surface area contributed by atoms with Gasteiger partial charge in [-0.05, 0) is 52.7 Å². The average Bonchev–Trinajstić information content (AvgIpc) is 2.36.